The van der Waals surface area contributed by atoms with Crippen LogP contribution in [0.4, 0.5) is 11.5 Å². The molecule has 0 aliphatic carbocycles. The molecule has 3 rings (SSSR count). The van der Waals surface area contributed by atoms with Gasteiger partial charge in [0.15, 0.2) is 22.4 Å². The van der Waals surface area contributed by atoms with Gasteiger partial charge in [-0.25, -0.2) is 0 Å². The zero-order valence-corrected chi connectivity index (χ0v) is 16.7. The van der Waals surface area contributed by atoms with Crippen LogP contribution >= 0.6 is 23.2 Å². The van der Waals surface area contributed by atoms with E-state index in [0.717, 1.165) is 12.1 Å². The zero-order chi connectivity index (χ0) is 19.4. The molecule has 0 aliphatic rings. The van der Waals surface area contributed by atoms with Gasteiger partial charge in [0.25, 0.3) is 11.2 Å². The second-order valence-electron chi connectivity index (χ2n) is 6.33. The van der Waals surface area contributed by atoms with Crippen molar-refractivity contribution in [1.82, 2.24) is 4.98 Å². The number of nitrogens with zero attached hydrogens (tertiary/aromatic N) is 2. The highest BCUT2D eigenvalue weighted by atomic mass is 35.5. The largest absolute Gasteiger partial charge is 0.377 e. The third kappa shape index (κ3) is 4.43. The molecule has 0 spiro atoms. The molecule has 2 aromatic heterocycles. The first-order chi connectivity index (χ1) is 13.0. The first-order valence-electron chi connectivity index (χ1n) is 8.55. The molecule has 2 N–H and O–H groups in total. The number of rotatable bonds is 6. The molecule has 140 valence electrons. The van der Waals surface area contributed by atoms with Crippen molar-refractivity contribution in [2.45, 2.75) is 6.42 Å². The minimum absolute atomic E-state index is 0.0520. The Morgan fingerprint density at radius 2 is 1.70 bits per heavy atom. The third-order valence-electron chi connectivity index (χ3n) is 4.22. The van der Waals surface area contributed by atoms with E-state index >= 15 is 0 Å². The fraction of sp³-hybridized carbons (Fsp3) is 0.200. The lowest BCUT2D eigenvalue weighted by molar-refractivity contribution is -0.595. The maximum absolute atomic E-state index is 12.3. The monoisotopic (exact) mass is 403 g/mol. The predicted molar refractivity (Wildman–Crippen MR) is 112 cm³/mol. The number of aromatic nitrogens is 2. The van der Waals surface area contributed by atoms with Crippen LogP contribution in [0.5, 0.6) is 0 Å². The summed E-state index contributed by atoms with van der Waals surface area (Å²) in [5, 5.41) is 3.62. The van der Waals surface area contributed by atoms with E-state index in [1.54, 1.807) is 4.57 Å². The topological polar surface area (TPSA) is 52.0 Å². The molecule has 1 aromatic carbocycles. The molecule has 0 amide bonds. The highest BCUT2D eigenvalue weighted by molar-refractivity contribution is 6.38. The summed E-state index contributed by atoms with van der Waals surface area (Å²) >= 11 is 12.8. The second kappa shape index (κ2) is 8.46. The molecule has 0 atom stereocenters. The summed E-state index contributed by atoms with van der Waals surface area (Å²) in [7, 11) is 3.92. The Morgan fingerprint density at radius 3 is 2.33 bits per heavy atom. The molecule has 0 saturated heterocycles. The van der Waals surface area contributed by atoms with E-state index < -0.39 is 0 Å². The summed E-state index contributed by atoms with van der Waals surface area (Å²) in [6, 6.07) is 13.9. The predicted octanol–water partition coefficient (Wildman–Crippen LogP) is 3.68. The molecule has 0 saturated carbocycles. The van der Waals surface area contributed by atoms with Gasteiger partial charge in [-0.15, -0.1) is 0 Å². The lowest BCUT2D eigenvalue weighted by Gasteiger charge is -2.12. The van der Waals surface area contributed by atoms with Gasteiger partial charge in [-0.3, -0.25) is 4.79 Å². The van der Waals surface area contributed by atoms with Gasteiger partial charge < -0.3 is 15.2 Å². The average molecular weight is 404 g/mol. The van der Waals surface area contributed by atoms with Crippen LogP contribution in [0.3, 0.4) is 0 Å². The van der Waals surface area contributed by atoms with Crippen LogP contribution < -0.4 is 20.3 Å². The lowest BCUT2D eigenvalue weighted by Crippen LogP contribution is -2.33. The van der Waals surface area contributed by atoms with Crippen molar-refractivity contribution < 1.29 is 4.57 Å². The van der Waals surface area contributed by atoms with Crippen LogP contribution in [0.15, 0.2) is 59.7 Å². The van der Waals surface area contributed by atoms with Crippen molar-refractivity contribution in [1.29, 1.82) is 0 Å². The van der Waals surface area contributed by atoms with Gasteiger partial charge in [-0.2, -0.15) is 4.57 Å². The number of nitrogens with one attached hydrogen (secondary N) is 2. The third-order valence-corrected chi connectivity index (χ3v) is 4.94. The number of hydrogen-bond acceptors (Lipinski definition) is 3. The highest BCUT2D eigenvalue weighted by Gasteiger charge is 2.23. The van der Waals surface area contributed by atoms with E-state index in [-0.39, 0.29) is 10.6 Å². The Balaban J connectivity index is 1.87. The molecule has 3 aromatic rings. The van der Waals surface area contributed by atoms with Crippen LogP contribution in [-0.4, -0.2) is 25.6 Å². The Hall–Kier alpha value is -2.50. The van der Waals surface area contributed by atoms with E-state index in [1.807, 2.05) is 61.7 Å². The van der Waals surface area contributed by atoms with Crippen molar-refractivity contribution in [2.24, 2.45) is 0 Å². The van der Waals surface area contributed by atoms with Crippen LogP contribution in [0, 0.1) is 0 Å². The molecule has 27 heavy (non-hydrogen) atoms. The molecule has 0 unspecified atom stereocenters. The Kier molecular flexibility index (Phi) is 6.04. The van der Waals surface area contributed by atoms with Gasteiger partial charge in [0.2, 0.25) is 0 Å². The number of halogens is 2. The summed E-state index contributed by atoms with van der Waals surface area (Å²) in [6.45, 7) is 0.630. The summed E-state index contributed by atoms with van der Waals surface area (Å²) in [6.07, 6.45) is 4.47. The van der Waals surface area contributed by atoms with Gasteiger partial charge in [0, 0.05) is 38.5 Å². The molecular weight excluding hydrogens is 383 g/mol. The summed E-state index contributed by atoms with van der Waals surface area (Å²) in [5.41, 5.74) is 2.30. The molecule has 0 fully saturated rings. The summed E-state index contributed by atoms with van der Waals surface area (Å²) < 4.78 is 1.75. The maximum Gasteiger partial charge on any atom is 0.275 e. The Morgan fingerprint density at radius 1 is 1.04 bits per heavy atom. The van der Waals surface area contributed by atoms with E-state index in [2.05, 4.69) is 22.4 Å². The minimum Gasteiger partial charge on any atom is -0.377 e. The van der Waals surface area contributed by atoms with Crippen molar-refractivity contribution in [3.63, 3.8) is 0 Å². The number of hydrogen-bond donors (Lipinski definition) is 2. The average Bonchev–Trinajstić information content (AvgIpc) is 2.67. The number of anilines is 2. The van der Waals surface area contributed by atoms with Crippen molar-refractivity contribution >= 4 is 34.7 Å². The van der Waals surface area contributed by atoms with Gasteiger partial charge >= 0.3 is 0 Å². The normalized spacial score (nSPS) is 10.7. The summed E-state index contributed by atoms with van der Waals surface area (Å²) in [4.78, 5) is 17.0. The minimum atomic E-state index is -0.387. The number of aromatic amines is 1. The van der Waals surface area contributed by atoms with Crippen LogP contribution in [0.1, 0.15) is 5.56 Å². The molecule has 0 aliphatic heterocycles. The molecule has 0 bridgehead atoms. The van der Waals surface area contributed by atoms with Crippen LogP contribution in [0.25, 0.3) is 5.69 Å². The van der Waals surface area contributed by atoms with E-state index in [1.165, 1.54) is 5.56 Å². The van der Waals surface area contributed by atoms with Crippen LogP contribution in [-0.2, 0) is 6.42 Å². The Bertz CT molecular complexity index is 970. The standard InChI is InChI=1S/C20H20Cl2N4O/c1-25(2)15-9-12-26(13-10-15)18-16(21)19(24-20(27)17(18)22)23-11-8-14-6-4-3-5-7-14/h3-7,9-10,12-13H,8,11H2,1-2H3,(H-,23,24,27)/p+1. The molecular formula is C20H21Cl2N4O+. The van der Waals surface area contributed by atoms with Crippen molar-refractivity contribution in [3.8, 4) is 5.69 Å². The van der Waals surface area contributed by atoms with E-state index in [4.69, 9.17) is 23.2 Å². The van der Waals surface area contributed by atoms with Crippen molar-refractivity contribution in [3.05, 3.63) is 80.8 Å². The smallest absolute Gasteiger partial charge is 0.275 e. The highest BCUT2D eigenvalue weighted by Crippen LogP contribution is 2.27. The fourth-order valence-electron chi connectivity index (χ4n) is 2.74. The molecule has 0 radical (unpaired) electrons. The van der Waals surface area contributed by atoms with Gasteiger partial charge in [-0.05, 0) is 12.0 Å². The van der Waals surface area contributed by atoms with Crippen LogP contribution in [0.2, 0.25) is 10.0 Å². The SMILES string of the molecule is CN(C)c1cc[n+](-c2c(Cl)c(NCCc3ccccc3)[nH]c(=O)c2Cl)cc1. The quantitative estimate of drug-likeness (QED) is 0.617. The van der Waals surface area contributed by atoms with Gasteiger partial charge in [-0.1, -0.05) is 53.5 Å². The van der Waals surface area contributed by atoms with E-state index in [9.17, 15) is 4.79 Å². The fourth-order valence-corrected chi connectivity index (χ4v) is 3.33. The number of H-pyrrole nitrogens is 1. The molecule has 7 heteroatoms. The number of benzene rings is 1. The zero-order valence-electron chi connectivity index (χ0n) is 15.2. The maximum atomic E-state index is 12.3. The second-order valence-corrected chi connectivity index (χ2v) is 7.08. The van der Waals surface area contributed by atoms with Crippen molar-refractivity contribution in [2.75, 3.05) is 30.9 Å². The van der Waals surface area contributed by atoms with Gasteiger partial charge in [0.1, 0.15) is 5.82 Å². The van der Waals surface area contributed by atoms with Gasteiger partial charge in [0.05, 0.1) is 0 Å². The molecule has 5 nitrogen and oxygen atoms in total. The molecule has 2 heterocycles. The van der Waals surface area contributed by atoms with E-state index in [0.29, 0.717) is 23.1 Å². The lowest BCUT2D eigenvalue weighted by atomic mass is 10.1. The Labute approximate surface area is 168 Å². The first kappa shape index (κ1) is 19.3. The summed E-state index contributed by atoms with van der Waals surface area (Å²) in [5.74, 6) is 0.459. The number of pyridine rings is 2. The first-order valence-corrected chi connectivity index (χ1v) is 9.31.